The maximum atomic E-state index is 11.2. The van der Waals surface area contributed by atoms with Gasteiger partial charge in [-0.05, 0) is 25.0 Å². The van der Waals surface area contributed by atoms with Gasteiger partial charge in [-0.25, -0.2) is 0 Å². The Bertz CT molecular complexity index is 417. The fourth-order valence-corrected chi connectivity index (χ4v) is 4.10. The predicted molar refractivity (Wildman–Crippen MR) is 84.5 cm³/mol. The van der Waals surface area contributed by atoms with Crippen LogP contribution in [0.15, 0.2) is 12.2 Å². The normalized spacial score (nSPS) is 29.1. The Morgan fingerprint density at radius 3 is 2.50 bits per heavy atom. The van der Waals surface area contributed by atoms with Gasteiger partial charge < -0.3 is 14.2 Å². The van der Waals surface area contributed by atoms with Crippen LogP contribution in [0, 0.1) is 0 Å². The van der Waals surface area contributed by atoms with Crippen LogP contribution >= 0.6 is 11.8 Å². The Kier molecular flexibility index (Phi) is 6.76. The Morgan fingerprint density at radius 2 is 1.86 bits per heavy atom. The summed E-state index contributed by atoms with van der Waals surface area (Å²) in [5.41, 5.74) is -0.0736. The molecule has 0 N–H and O–H groups in total. The first-order valence-corrected chi connectivity index (χ1v) is 8.78. The summed E-state index contributed by atoms with van der Waals surface area (Å²) >= 11 is 1.81. The molecule has 2 aliphatic rings. The molecule has 2 rings (SSSR count). The minimum absolute atomic E-state index is 0.0736. The number of ether oxygens (including phenoxy) is 3. The van der Waals surface area contributed by atoms with Crippen LogP contribution in [0.1, 0.15) is 46.0 Å². The minimum atomic E-state index is -0.500. The van der Waals surface area contributed by atoms with Crippen molar-refractivity contribution in [3.63, 3.8) is 0 Å². The average Bonchev–Trinajstić information content (AvgIpc) is 2.48. The molecule has 6 heteroatoms. The van der Waals surface area contributed by atoms with Crippen molar-refractivity contribution in [2.24, 2.45) is 0 Å². The molecule has 1 aliphatic carbocycles. The van der Waals surface area contributed by atoms with Gasteiger partial charge in [0.15, 0.2) is 0 Å². The molecule has 0 bridgehead atoms. The largest absolute Gasteiger partial charge is 0.463 e. The zero-order valence-electron chi connectivity index (χ0n) is 13.2. The zero-order valence-corrected chi connectivity index (χ0v) is 14.0. The SMILES string of the molecule is CC(=O)OC[C@H]1O[C@@H](SC2CCCCC2)C=C[C@@H]1OC(C)=O. The highest BCUT2D eigenvalue weighted by Gasteiger charge is 2.32. The molecule has 0 unspecified atom stereocenters. The van der Waals surface area contributed by atoms with Crippen LogP contribution in [0.25, 0.3) is 0 Å². The van der Waals surface area contributed by atoms with Gasteiger partial charge in [-0.3, -0.25) is 9.59 Å². The van der Waals surface area contributed by atoms with Gasteiger partial charge in [0.05, 0.1) is 0 Å². The molecule has 1 fully saturated rings. The van der Waals surface area contributed by atoms with Crippen LogP contribution in [0.4, 0.5) is 0 Å². The molecular formula is C16H24O5S. The van der Waals surface area contributed by atoms with Crippen LogP contribution < -0.4 is 0 Å². The van der Waals surface area contributed by atoms with E-state index in [0.29, 0.717) is 5.25 Å². The summed E-state index contributed by atoms with van der Waals surface area (Å²) in [6.07, 6.45) is 9.17. The topological polar surface area (TPSA) is 61.8 Å². The lowest BCUT2D eigenvalue weighted by Gasteiger charge is -2.33. The standard InChI is InChI=1S/C16H24O5S/c1-11(17)19-10-15-14(20-12(2)18)8-9-16(21-15)22-13-6-4-3-5-7-13/h8-9,13-16H,3-7,10H2,1-2H3/t14-,15+,16-/m0/s1. The molecule has 1 saturated carbocycles. The summed E-state index contributed by atoms with van der Waals surface area (Å²) in [4.78, 5) is 22.2. The Balaban J connectivity index is 1.93. The summed E-state index contributed by atoms with van der Waals surface area (Å²) < 4.78 is 16.2. The van der Waals surface area contributed by atoms with Crippen molar-refractivity contribution in [2.45, 2.75) is 68.8 Å². The Morgan fingerprint density at radius 1 is 1.14 bits per heavy atom. The monoisotopic (exact) mass is 328 g/mol. The van der Waals surface area contributed by atoms with E-state index in [9.17, 15) is 9.59 Å². The second kappa shape index (κ2) is 8.58. The third kappa shape index (κ3) is 5.65. The number of thioether (sulfide) groups is 1. The quantitative estimate of drug-likeness (QED) is 0.571. The van der Waals surface area contributed by atoms with Crippen LogP contribution in [-0.2, 0) is 23.8 Å². The van der Waals surface area contributed by atoms with E-state index in [1.165, 1.54) is 46.0 Å². The third-order valence-electron chi connectivity index (χ3n) is 3.76. The van der Waals surface area contributed by atoms with E-state index in [1.54, 1.807) is 0 Å². The summed E-state index contributed by atoms with van der Waals surface area (Å²) in [6, 6.07) is 0. The van der Waals surface area contributed by atoms with Gasteiger partial charge in [0, 0.05) is 19.1 Å². The summed E-state index contributed by atoms with van der Waals surface area (Å²) in [7, 11) is 0. The minimum Gasteiger partial charge on any atom is -0.463 e. The number of hydrogen-bond acceptors (Lipinski definition) is 6. The van der Waals surface area contributed by atoms with Gasteiger partial charge in [0.25, 0.3) is 0 Å². The molecule has 0 amide bonds. The number of carbonyl (C=O) groups is 2. The second-order valence-corrected chi connectivity index (χ2v) is 7.10. The molecular weight excluding hydrogens is 304 g/mol. The first kappa shape index (κ1) is 17.3. The van der Waals surface area contributed by atoms with Gasteiger partial charge in [-0.2, -0.15) is 0 Å². The number of esters is 2. The first-order chi connectivity index (χ1) is 10.5. The molecule has 0 spiro atoms. The second-order valence-electron chi connectivity index (χ2n) is 5.70. The van der Waals surface area contributed by atoms with E-state index in [2.05, 4.69) is 0 Å². The molecule has 22 heavy (non-hydrogen) atoms. The molecule has 3 atom stereocenters. The predicted octanol–water partition coefficient (Wildman–Crippen LogP) is 2.83. The van der Waals surface area contributed by atoms with E-state index >= 15 is 0 Å². The van der Waals surface area contributed by atoms with Gasteiger partial charge in [0.1, 0.15) is 24.3 Å². The van der Waals surface area contributed by atoms with Crippen molar-refractivity contribution in [1.82, 2.24) is 0 Å². The van der Waals surface area contributed by atoms with E-state index in [0.717, 1.165) is 0 Å². The molecule has 0 aromatic rings. The highest BCUT2D eigenvalue weighted by atomic mass is 32.2. The highest BCUT2D eigenvalue weighted by Crippen LogP contribution is 2.34. The Labute approximate surface area is 135 Å². The molecule has 124 valence electrons. The third-order valence-corrected chi connectivity index (χ3v) is 5.16. The van der Waals surface area contributed by atoms with Crippen molar-refractivity contribution in [2.75, 3.05) is 6.61 Å². The number of carbonyl (C=O) groups excluding carboxylic acids is 2. The fraction of sp³-hybridized carbons (Fsp3) is 0.750. The molecule has 5 nitrogen and oxygen atoms in total. The van der Waals surface area contributed by atoms with E-state index in [4.69, 9.17) is 14.2 Å². The van der Waals surface area contributed by atoms with Crippen molar-refractivity contribution in [3.05, 3.63) is 12.2 Å². The summed E-state index contributed by atoms with van der Waals surface area (Å²) in [6.45, 7) is 2.81. The van der Waals surface area contributed by atoms with Crippen molar-refractivity contribution < 1.29 is 23.8 Å². The molecule has 1 heterocycles. The number of rotatable bonds is 5. The summed E-state index contributed by atoms with van der Waals surface area (Å²) in [5, 5.41) is 0.614. The lowest BCUT2D eigenvalue weighted by molar-refractivity contribution is -0.160. The van der Waals surface area contributed by atoms with E-state index < -0.39 is 12.2 Å². The van der Waals surface area contributed by atoms with Crippen LogP contribution in [0.2, 0.25) is 0 Å². The molecule has 0 radical (unpaired) electrons. The lowest BCUT2D eigenvalue weighted by Crippen LogP contribution is -2.41. The molecule has 1 aliphatic heterocycles. The Hall–Kier alpha value is -1.01. The van der Waals surface area contributed by atoms with Gasteiger partial charge in [-0.15, -0.1) is 11.8 Å². The smallest absolute Gasteiger partial charge is 0.303 e. The van der Waals surface area contributed by atoms with Crippen LogP contribution in [-0.4, -0.2) is 41.4 Å². The zero-order chi connectivity index (χ0) is 15.9. The molecule has 0 aromatic heterocycles. The lowest BCUT2D eigenvalue weighted by atomic mass is 10.0. The van der Waals surface area contributed by atoms with Crippen molar-refractivity contribution in [3.8, 4) is 0 Å². The molecule has 0 saturated heterocycles. The van der Waals surface area contributed by atoms with E-state index in [-0.39, 0.29) is 24.0 Å². The van der Waals surface area contributed by atoms with E-state index in [1.807, 2.05) is 23.9 Å². The molecule has 0 aromatic carbocycles. The maximum absolute atomic E-state index is 11.2. The average molecular weight is 328 g/mol. The summed E-state index contributed by atoms with van der Waals surface area (Å²) in [5.74, 6) is -0.735. The van der Waals surface area contributed by atoms with Crippen molar-refractivity contribution in [1.29, 1.82) is 0 Å². The highest BCUT2D eigenvalue weighted by molar-refractivity contribution is 8.00. The van der Waals surface area contributed by atoms with Gasteiger partial charge >= 0.3 is 11.9 Å². The van der Waals surface area contributed by atoms with Crippen LogP contribution in [0.5, 0.6) is 0 Å². The number of hydrogen-bond donors (Lipinski definition) is 0. The fourth-order valence-electron chi connectivity index (χ4n) is 2.73. The van der Waals surface area contributed by atoms with Crippen LogP contribution in [0.3, 0.4) is 0 Å². The van der Waals surface area contributed by atoms with Crippen molar-refractivity contribution >= 4 is 23.7 Å². The van der Waals surface area contributed by atoms with Gasteiger partial charge in [-0.1, -0.05) is 19.3 Å². The maximum Gasteiger partial charge on any atom is 0.303 e. The first-order valence-electron chi connectivity index (χ1n) is 7.84. The van der Waals surface area contributed by atoms with Gasteiger partial charge in [0.2, 0.25) is 0 Å².